The van der Waals surface area contributed by atoms with Crippen molar-refractivity contribution in [1.29, 1.82) is 0 Å². The van der Waals surface area contributed by atoms with Gasteiger partial charge in [0, 0.05) is 12.7 Å². The van der Waals surface area contributed by atoms with Crippen LogP contribution in [-0.2, 0) is 4.74 Å². The first kappa shape index (κ1) is 12.7. The van der Waals surface area contributed by atoms with Crippen molar-refractivity contribution in [3.05, 3.63) is 23.8 Å². The third-order valence-corrected chi connectivity index (χ3v) is 3.14. The van der Waals surface area contributed by atoms with Crippen molar-refractivity contribution < 1.29 is 19.4 Å². The molecule has 5 heteroatoms. The summed E-state index contributed by atoms with van der Waals surface area (Å²) in [6, 6.07) is 4.61. The van der Waals surface area contributed by atoms with Gasteiger partial charge in [0.1, 0.15) is 11.5 Å². The molecule has 0 saturated carbocycles. The van der Waals surface area contributed by atoms with Crippen LogP contribution in [0.25, 0.3) is 0 Å². The van der Waals surface area contributed by atoms with Crippen molar-refractivity contribution in [1.82, 2.24) is 5.32 Å². The molecule has 1 aliphatic rings. The second kappa shape index (κ2) is 5.27. The van der Waals surface area contributed by atoms with Crippen LogP contribution in [0.2, 0.25) is 0 Å². The topological polar surface area (TPSA) is 67.8 Å². The van der Waals surface area contributed by atoms with Crippen molar-refractivity contribution in [2.45, 2.75) is 25.5 Å². The highest BCUT2D eigenvalue weighted by atomic mass is 16.5. The molecule has 0 spiro atoms. The van der Waals surface area contributed by atoms with Crippen molar-refractivity contribution in [2.75, 3.05) is 13.7 Å². The molecule has 5 nitrogen and oxygen atoms in total. The lowest BCUT2D eigenvalue weighted by Crippen LogP contribution is -2.39. The van der Waals surface area contributed by atoms with Gasteiger partial charge < -0.3 is 19.9 Å². The van der Waals surface area contributed by atoms with E-state index in [1.54, 1.807) is 12.1 Å². The number of methoxy groups -OCH3 is 1. The maximum atomic E-state index is 12.0. The average molecular weight is 251 g/mol. The van der Waals surface area contributed by atoms with Crippen molar-refractivity contribution >= 4 is 5.91 Å². The minimum Gasteiger partial charge on any atom is -0.507 e. The number of ether oxygens (including phenoxy) is 2. The zero-order valence-corrected chi connectivity index (χ0v) is 10.5. The molecule has 1 saturated heterocycles. The molecule has 1 aliphatic heterocycles. The monoisotopic (exact) mass is 251 g/mol. The van der Waals surface area contributed by atoms with E-state index in [0.717, 1.165) is 6.42 Å². The van der Waals surface area contributed by atoms with Crippen LogP contribution in [-0.4, -0.2) is 36.9 Å². The molecule has 2 atom stereocenters. The first-order chi connectivity index (χ1) is 8.61. The van der Waals surface area contributed by atoms with Crippen LogP contribution in [0.15, 0.2) is 18.2 Å². The summed E-state index contributed by atoms with van der Waals surface area (Å²) in [7, 11) is 1.51. The van der Waals surface area contributed by atoms with E-state index in [1.807, 2.05) is 6.92 Å². The molecule has 2 N–H and O–H groups in total. The SMILES string of the molecule is COc1ccc(C(=O)NC2CCOC2C)c(O)c1. The summed E-state index contributed by atoms with van der Waals surface area (Å²) in [5.74, 6) is 0.137. The van der Waals surface area contributed by atoms with Gasteiger partial charge in [-0.25, -0.2) is 0 Å². The number of carbonyl (C=O) groups is 1. The lowest BCUT2D eigenvalue weighted by Gasteiger charge is -2.16. The Labute approximate surface area is 106 Å². The Morgan fingerprint density at radius 3 is 2.89 bits per heavy atom. The Hall–Kier alpha value is -1.75. The highest BCUT2D eigenvalue weighted by Gasteiger charge is 2.26. The molecule has 0 aliphatic carbocycles. The molecule has 1 heterocycles. The molecule has 0 bridgehead atoms. The second-order valence-electron chi connectivity index (χ2n) is 4.33. The van der Waals surface area contributed by atoms with Crippen LogP contribution in [0.1, 0.15) is 23.7 Å². The zero-order valence-electron chi connectivity index (χ0n) is 10.5. The van der Waals surface area contributed by atoms with Gasteiger partial charge in [-0.1, -0.05) is 0 Å². The summed E-state index contributed by atoms with van der Waals surface area (Å²) >= 11 is 0. The van der Waals surface area contributed by atoms with E-state index < -0.39 is 0 Å². The predicted molar refractivity (Wildman–Crippen MR) is 65.9 cm³/mol. The minimum atomic E-state index is -0.294. The number of phenols is 1. The lowest BCUT2D eigenvalue weighted by atomic mass is 10.1. The fourth-order valence-corrected chi connectivity index (χ4v) is 2.00. The maximum absolute atomic E-state index is 12.0. The first-order valence-corrected chi connectivity index (χ1v) is 5.91. The van der Waals surface area contributed by atoms with Gasteiger partial charge in [-0.05, 0) is 25.5 Å². The summed E-state index contributed by atoms with van der Waals surface area (Å²) < 4.78 is 10.3. The third-order valence-electron chi connectivity index (χ3n) is 3.14. The number of phenolic OH excluding ortho intramolecular Hbond substituents is 1. The third kappa shape index (κ3) is 2.56. The van der Waals surface area contributed by atoms with Crippen molar-refractivity contribution in [3.63, 3.8) is 0 Å². The molecule has 0 aromatic heterocycles. The molecule has 98 valence electrons. The Morgan fingerprint density at radius 1 is 1.56 bits per heavy atom. The summed E-state index contributed by atoms with van der Waals surface area (Å²) in [6.45, 7) is 2.58. The van der Waals surface area contributed by atoms with E-state index in [1.165, 1.54) is 13.2 Å². The number of aromatic hydroxyl groups is 1. The van der Waals surface area contributed by atoms with Crippen LogP contribution < -0.4 is 10.1 Å². The number of nitrogens with one attached hydrogen (secondary N) is 1. The summed E-state index contributed by atoms with van der Waals surface area (Å²) in [4.78, 5) is 12.0. The number of amides is 1. The van der Waals surface area contributed by atoms with Gasteiger partial charge in [-0.15, -0.1) is 0 Å². The quantitative estimate of drug-likeness (QED) is 0.850. The van der Waals surface area contributed by atoms with E-state index >= 15 is 0 Å². The van der Waals surface area contributed by atoms with E-state index in [4.69, 9.17) is 9.47 Å². The normalized spacial score (nSPS) is 22.8. The Kier molecular flexibility index (Phi) is 3.72. The molecule has 0 radical (unpaired) electrons. The van der Waals surface area contributed by atoms with E-state index in [9.17, 15) is 9.90 Å². The van der Waals surface area contributed by atoms with Crippen LogP contribution in [0.3, 0.4) is 0 Å². The number of carbonyl (C=O) groups excluding carboxylic acids is 1. The molecule has 1 aromatic rings. The van der Waals surface area contributed by atoms with Crippen molar-refractivity contribution in [3.8, 4) is 11.5 Å². The van der Waals surface area contributed by atoms with Gasteiger partial charge in [0.2, 0.25) is 0 Å². The predicted octanol–water partition coefficient (Wildman–Crippen LogP) is 1.31. The largest absolute Gasteiger partial charge is 0.507 e. The molecule has 1 aromatic carbocycles. The summed E-state index contributed by atoms with van der Waals surface area (Å²) in [6.07, 6.45) is 0.804. The van der Waals surface area contributed by atoms with E-state index in [-0.39, 0.29) is 29.4 Å². The maximum Gasteiger partial charge on any atom is 0.255 e. The highest BCUT2D eigenvalue weighted by molar-refractivity contribution is 5.97. The van der Waals surface area contributed by atoms with E-state index in [2.05, 4.69) is 5.32 Å². The van der Waals surface area contributed by atoms with Gasteiger partial charge in [0.25, 0.3) is 5.91 Å². The molecule has 2 rings (SSSR count). The number of hydrogen-bond donors (Lipinski definition) is 2. The zero-order chi connectivity index (χ0) is 13.1. The molecular weight excluding hydrogens is 234 g/mol. The van der Waals surface area contributed by atoms with Gasteiger partial charge in [0.15, 0.2) is 0 Å². The van der Waals surface area contributed by atoms with Crippen LogP contribution in [0, 0.1) is 0 Å². The first-order valence-electron chi connectivity index (χ1n) is 5.91. The molecule has 2 unspecified atom stereocenters. The molecule has 18 heavy (non-hydrogen) atoms. The Morgan fingerprint density at radius 2 is 2.33 bits per heavy atom. The molecular formula is C13H17NO4. The average Bonchev–Trinajstić information content (AvgIpc) is 2.74. The van der Waals surface area contributed by atoms with Gasteiger partial charge in [-0.2, -0.15) is 0 Å². The van der Waals surface area contributed by atoms with E-state index in [0.29, 0.717) is 12.4 Å². The number of benzene rings is 1. The standard InChI is InChI=1S/C13H17NO4/c1-8-11(5-6-18-8)14-13(16)10-4-3-9(17-2)7-12(10)15/h3-4,7-8,11,15H,5-6H2,1-2H3,(H,14,16). The fraction of sp³-hybridized carbons (Fsp3) is 0.462. The van der Waals surface area contributed by atoms with Gasteiger partial charge in [0.05, 0.1) is 24.8 Å². The second-order valence-corrected chi connectivity index (χ2v) is 4.33. The number of hydrogen-bond acceptors (Lipinski definition) is 4. The summed E-state index contributed by atoms with van der Waals surface area (Å²) in [5, 5.41) is 12.6. The molecule has 1 fully saturated rings. The van der Waals surface area contributed by atoms with Crippen LogP contribution in [0.4, 0.5) is 0 Å². The van der Waals surface area contributed by atoms with Crippen LogP contribution in [0.5, 0.6) is 11.5 Å². The van der Waals surface area contributed by atoms with Gasteiger partial charge >= 0.3 is 0 Å². The highest BCUT2D eigenvalue weighted by Crippen LogP contribution is 2.24. The smallest absolute Gasteiger partial charge is 0.255 e. The summed E-state index contributed by atoms with van der Waals surface area (Å²) in [5.41, 5.74) is 0.245. The Bertz CT molecular complexity index is 447. The Balaban J connectivity index is 2.09. The molecule has 1 amide bonds. The number of rotatable bonds is 3. The fourth-order valence-electron chi connectivity index (χ4n) is 2.00. The van der Waals surface area contributed by atoms with Crippen molar-refractivity contribution in [2.24, 2.45) is 0 Å². The lowest BCUT2D eigenvalue weighted by molar-refractivity contribution is 0.0864. The van der Waals surface area contributed by atoms with Crippen LogP contribution >= 0.6 is 0 Å². The minimum absolute atomic E-state index is 0.000924. The van der Waals surface area contributed by atoms with Gasteiger partial charge in [-0.3, -0.25) is 4.79 Å².